The number of ether oxygens (including phenoxy) is 1. The normalized spacial score (nSPS) is 14.0. The Hall–Kier alpha value is -4.05. The fourth-order valence-electron chi connectivity index (χ4n) is 4.25. The first-order valence-electron chi connectivity index (χ1n) is 11.6. The predicted octanol–water partition coefficient (Wildman–Crippen LogP) is 4.78. The number of likely N-dealkylation sites (tertiary alicyclic amines) is 1. The topological polar surface area (TPSA) is 110 Å². The summed E-state index contributed by atoms with van der Waals surface area (Å²) < 4.78 is 10.4. The highest BCUT2D eigenvalue weighted by atomic mass is 32.1. The molecule has 2 amide bonds. The van der Waals surface area contributed by atoms with Gasteiger partial charge in [-0.15, -0.1) is 11.3 Å². The lowest BCUT2D eigenvalue weighted by atomic mass is 9.96. The number of carbonyl (C=O) groups excluding carboxylic acids is 2. The van der Waals surface area contributed by atoms with Gasteiger partial charge < -0.3 is 19.5 Å². The first kappa shape index (κ1) is 23.7. The smallest absolute Gasteiger partial charge is 0.275 e. The number of piperidine rings is 1. The number of hydrogen-bond donors (Lipinski definition) is 1. The van der Waals surface area contributed by atoms with Crippen molar-refractivity contribution in [3.63, 3.8) is 0 Å². The molecule has 1 aliphatic rings. The number of nitrogens with zero attached hydrogens (tertiary/aromatic N) is 4. The van der Waals surface area contributed by atoms with Gasteiger partial charge in [0.2, 0.25) is 5.88 Å². The summed E-state index contributed by atoms with van der Waals surface area (Å²) in [6.07, 6.45) is 3.08. The van der Waals surface area contributed by atoms with Crippen molar-refractivity contribution in [3.05, 3.63) is 76.1 Å². The second-order valence-electron chi connectivity index (χ2n) is 8.51. The molecule has 0 spiro atoms. The first-order valence-corrected chi connectivity index (χ1v) is 12.5. The Balaban J connectivity index is 1.21. The quantitative estimate of drug-likeness (QED) is 0.403. The van der Waals surface area contributed by atoms with Crippen molar-refractivity contribution in [2.24, 2.45) is 0 Å². The average molecular weight is 504 g/mol. The number of benzene rings is 1. The van der Waals surface area contributed by atoms with Gasteiger partial charge in [-0.3, -0.25) is 9.59 Å². The van der Waals surface area contributed by atoms with E-state index in [1.807, 2.05) is 35.2 Å². The highest BCUT2D eigenvalue weighted by Crippen LogP contribution is 2.33. The van der Waals surface area contributed by atoms with Gasteiger partial charge in [-0.2, -0.15) is 0 Å². The highest BCUT2D eigenvalue weighted by Gasteiger charge is 2.30. The minimum Gasteiger partial charge on any atom is -0.481 e. The van der Waals surface area contributed by atoms with E-state index in [0.717, 1.165) is 23.4 Å². The van der Waals surface area contributed by atoms with Crippen LogP contribution in [-0.4, -0.2) is 52.0 Å². The molecule has 3 aromatic heterocycles. The van der Waals surface area contributed by atoms with Gasteiger partial charge in [0.25, 0.3) is 11.8 Å². The maximum atomic E-state index is 13.4. The van der Waals surface area contributed by atoms with Crippen LogP contribution in [0, 0.1) is 6.92 Å². The van der Waals surface area contributed by atoms with Gasteiger partial charge in [-0.05, 0) is 25.8 Å². The van der Waals surface area contributed by atoms with Crippen LogP contribution in [0.4, 0.5) is 5.69 Å². The molecule has 10 heteroatoms. The summed E-state index contributed by atoms with van der Waals surface area (Å²) in [5.74, 6) is 0.833. The Morgan fingerprint density at radius 2 is 1.92 bits per heavy atom. The molecule has 0 radical (unpaired) electrons. The second kappa shape index (κ2) is 10.3. The third-order valence-electron chi connectivity index (χ3n) is 6.21. The van der Waals surface area contributed by atoms with E-state index < -0.39 is 0 Å². The molecule has 1 fully saturated rings. The summed E-state index contributed by atoms with van der Waals surface area (Å²) in [4.78, 5) is 36.5. The van der Waals surface area contributed by atoms with Gasteiger partial charge in [0.1, 0.15) is 22.7 Å². The monoisotopic (exact) mass is 503 g/mol. The molecular weight excluding hydrogens is 478 g/mol. The largest absolute Gasteiger partial charge is 0.481 e. The van der Waals surface area contributed by atoms with Crippen molar-refractivity contribution in [1.82, 2.24) is 20.0 Å². The van der Waals surface area contributed by atoms with Gasteiger partial charge in [0, 0.05) is 36.0 Å². The fraction of sp³-hybridized carbons (Fsp3) is 0.269. The standard InChI is InChI=1S/C26H25N5O4S/c1-16-22(23(30-35-16)17-6-4-3-5-7-17)26(33)31-12-10-18(11-13-31)25-29-20(15-36-25)24(32)28-19-8-9-21(34-2)27-14-19/h3-9,14-15,18H,10-13H2,1-2H3,(H,28,32). The van der Waals surface area contributed by atoms with E-state index in [1.165, 1.54) is 24.6 Å². The van der Waals surface area contributed by atoms with Crippen molar-refractivity contribution in [2.45, 2.75) is 25.7 Å². The number of hydrogen-bond acceptors (Lipinski definition) is 8. The van der Waals surface area contributed by atoms with Crippen molar-refractivity contribution in [1.29, 1.82) is 0 Å². The molecule has 184 valence electrons. The maximum Gasteiger partial charge on any atom is 0.275 e. The molecule has 36 heavy (non-hydrogen) atoms. The van der Waals surface area contributed by atoms with Gasteiger partial charge in [-0.1, -0.05) is 35.5 Å². The minimum atomic E-state index is -0.284. The third kappa shape index (κ3) is 4.85. The molecule has 1 aliphatic heterocycles. The van der Waals surface area contributed by atoms with Gasteiger partial charge >= 0.3 is 0 Å². The molecule has 5 rings (SSSR count). The van der Waals surface area contributed by atoms with Crippen LogP contribution in [0.3, 0.4) is 0 Å². The molecule has 0 bridgehead atoms. The molecule has 1 aromatic carbocycles. The number of nitrogens with one attached hydrogen (secondary N) is 1. The van der Waals surface area contributed by atoms with E-state index in [9.17, 15) is 9.59 Å². The van der Waals surface area contributed by atoms with Gasteiger partial charge in [-0.25, -0.2) is 9.97 Å². The Morgan fingerprint density at radius 1 is 1.14 bits per heavy atom. The van der Waals surface area contributed by atoms with Crippen molar-refractivity contribution in [3.8, 4) is 17.1 Å². The van der Waals surface area contributed by atoms with Crippen LogP contribution in [0.25, 0.3) is 11.3 Å². The average Bonchev–Trinajstić information content (AvgIpc) is 3.57. The van der Waals surface area contributed by atoms with E-state index in [-0.39, 0.29) is 17.7 Å². The number of rotatable bonds is 6. The van der Waals surface area contributed by atoms with Crippen LogP contribution in [-0.2, 0) is 0 Å². The van der Waals surface area contributed by atoms with E-state index in [4.69, 9.17) is 9.26 Å². The molecule has 4 heterocycles. The summed E-state index contributed by atoms with van der Waals surface area (Å²) in [6, 6.07) is 13.0. The van der Waals surface area contributed by atoms with Crippen molar-refractivity contribution < 1.29 is 18.8 Å². The minimum absolute atomic E-state index is 0.0710. The zero-order chi connectivity index (χ0) is 25.1. The van der Waals surface area contributed by atoms with Crippen LogP contribution in [0.1, 0.15) is 50.4 Å². The molecule has 4 aromatic rings. The molecule has 1 N–H and O–H groups in total. The molecular formula is C26H25N5O4S. The Morgan fingerprint density at radius 3 is 2.61 bits per heavy atom. The molecule has 1 saturated heterocycles. The number of carbonyl (C=O) groups is 2. The summed E-state index contributed by atoms with van der Waals surface area (Å²) in [5, 5.41) is 9.63. The lowest BCUT2D eigenvalue weighted by Gasteiger charge is -2.31. The second-order valence-corrected chi connectivity index (χ2v) is 9.40. The van der Waals surface area contributed by atoms with E-state index in [1.54, 1.807) is 24.4 Å². The summed E-state index contributed by atoms with van der Waals surface area (Å²) in [6.45, 7) is 2.96. The van der Waals surface area contributed by atoms with Crippen LogP contribution in [0.15, 0.2) is 58.6 Å². The van der Waals surface area contributed by atoms with Crippen LogP contribution >= 0.6 is 11.3 Å². The maximum absolute atomic E-state index is 13.4. The number of aryl methyl sites for hydroxylation is 1. The zero-order valence-electron chi connectivity index (χ0n) is 19.9. The number of anilines is 1. The lowest BCUT2D eigenvalue weighted by Crippen LogP contribution is -2.38. The van der Waals surface area contributed by atoms with Gasteiger partial charge in [0.15, 0.2) is 0 Å². The predicted molar refractivity (Wildman–Crippen MR) is 135 cm³/mol. The van der Waals surface area contributed by atoms with Gasteiger partial charge in [0.05, 0.1) is 24.0 Å². The Labute approximate surface area is 212 Å². The number of methoxy groups -OCH3 is 1. The van der Waals surface area contributed by atoms with E-state index in [0.29, 0.717) is 47.4 Å². The fourth-order valence-corrected chi connectivity index (χ4v) is 5.23. The zero-order valence-corrected chi connectivity index (χ0v) is 20.7. The summed E-state index contributed by atoms with van der Waals surface area (Å²) in [5.41, 5.74) is 2.88. The van der Waals surface area contributed by atoms with Crippen molar-refractivity contribution in [2.75, 3.05) is 25.5 Å². The van der Waals surface area contributed by atoms with Crippen LogP contribution in [0.5, 0.6) is 5.88 Å². The number of pyridine rings is 1. The molecule has 9 nitrogen and oxygen atoms in total. The van der Waals surface area contributed by atoms with Crippen molar-refractivity contribution >= 4 is 28.8 Å². The number of amides is 2. The third-order valence-corrected chi connectivity index (χ3v) is 7.22. The lowest BCUT2D eigenvalue weighted by molar-refractivity contribution is 0.0711. The molecule has 0 unspecified atom stereocenters. The Kier molecular flexibility index (Phi) is 6.77. The van der Waals surface area contributed by atoms with E-state index in [2.05, 4.69) is 20.4 Å². The Bertz CT molecular complexity index is 1360. The number of thiazole rings is 1. The summed E-state index contributed by atoms with van der Waals surface area (Å²) in [7, 11) is 1.54. The van der Waals surface area contributed by atoms with Crippen LogP contribution in [0.2, 0.25) is 0 Å². The molecule has 0 atom stereocenters. The van der Waals surface area contributed by atoms with Crippen LogP contribution < -0.4 is 10.1 Å². The number of aromatic nitrogens is 3. The molecule has 0 aliphatic carbocycles. The first-order chi connectivity index (χ1) is 17.5. The SMILES string of the molecule is COc1ccc(NC(=O)c2csc(C3CCN(C(=O)c4c(-c5ccccc5)noc4C)CC3)n2)cn1. The van der Waals surface area contributed by atoms with E-state index >= 15 is 0 Å². The molecule has 0 saturated carbocycles. The highest BCUT2D eigenvalue weighted by molar-refractivity contribution is 7.10. The summed E-state index contributed by atoms with van der Waals surface area (Å²) >= 11 is 1.47.